The molecule has 0 aliphatic carbocycles. The summed E-state index contributed by atoms with van der Waals surface area (Å²) in [4.78, 5) is 50.7. The van der Waals surface area contributed by atoms with Crippen molar-refractivity contribution in [3.05, 3.63) is 44.4 Å². The minimum atomic E-state index is -1.82. The Balaban J connectivity index is 1.75. The Hall–Kier alpha value is -4.14. The summed E-state index contributed by atoms with van der Waals surface area (Å²) in [5.41, 5.74) is -0.172. The summed E-state index contributed by atoms with van der Waals surface area (Å²) >= 11 is 6.01. The number of carbonyl (C=O) groups is 4. The van der Waals surface area contributed by atoms with Gasteiger partial charge in [0, 0.05) is 5.56 Å². The molecule has 0 radical (unpaired) electrons. The number of hydrogen-bond donors (Lipinski definition) is 3. The second kappa shape index (κ2) is 9.01. The molecule has 3 heterocycles. The van der Waals surface area contributed by atoms with Crippen LogP contribution < -0.4 is 14.2 Å². The summed E-state index contributed by atoms with van der Waals surface area (Å²) in [6, 6.07) is 1.51. The molecule has 0 spiro atoms. The number of thiocarbonyl (C=S) groups is 1. The molecule has 0 aromatic heterocycles. The first-order valence-electron chi connectivity index (χ1n) is 10.8. The van der Waals surface area contributed by atoms with Crippen molar-refractivity contribution < 1.29 is 53.4 Å². The van der Waals surface area contributed by atoms with E-state index in [0.29, 0.717) is 5.56 Å². The number of phenolic OH excluding ortho intramolecular Hbond substituents is 1. The quantitative estimate of drug-likeness (QED) is 0.217. The number of cyclic esters (lactones) is 1. The summed E-state index contributed by atoms with van der Waals surface area (Å²) < 4.78 is 22.1. The minimum Gasteiger partial charge on any atom is -0.507 e. The summed E-state index contributed by atoms with van der Waals surface area (Å²) in [7, 11) is 1.35. The molecule has 38 heavy (non-hydrogen) atoms. The molecule has 1 atom stereocenters. The fraction of sp³-hybridized carbons (Fsp3) is 0.208. The number of aliphatic carboxylic acids is 1. The number of carboxylic acid groups (broad SMARTS) is 1. The highest BCUT2D eigenvalue weighted by Gasteiger charge is 2.43. The Morgan fingerprint density at radius 3 is 2.53 bits per heavy atom. The Morgan fingerprint density at radius 2 is 1.87 bits per heavy atom. The number of benzene rings is 2. The van der Waals surface area contributed by atoms with Gasteiger partial charge in [0.15, 0.2) is 17.2 Å². The lowest BCUT2D eigenvalue weighted by Gasteiger charge is -2.18. The predicted octanol–water partition coefficient (Wildman–Crippen LogP) is 2.79. The van der Waals surface area contributed by atoms with E-state index in [1.807, 2.05) is 0 Å². The van der Waals surface area contributed by atoms with Gasteiger partial charge in [-0.15, -0.1) is 0 Å². The number of aliphatic hydroxyl groups excluding tert-OH is 1. The molecule has 0 bridgehead atoms. The molecule has 2 aromatic carbocycles. The molecule has 3 aliphatic rings. The van der Waals surface area contributed by atoms with Crippen LogP contribution in [-0.2, 0) is 14.3 Å². The molecular weight excluding hydrogens is 542 g/mol. The first-order chi connectivity index (χ1) is 17.9. The van der Waals surface area contributed by atoms with E-state index >= 15 is 0 Å². The number of hydrogen-bond acceptors (Lipinski definition) is 12. The Kier molecular flexibility index (Phi) is 6.04. The van der Waals surface area contributed by atoms with E-state index in [1.54, 1.807) is 6.92 Å². The number of phenols is 1. The van der Waals surface area contributed by atoms with Gasteiger partial charge >= 0.3 is 17.9 Å². The number of rotatable bonds is 4. The lowest BCUT2D eigenvalue weighted by molar-refractivity contribution is -0.140. The number of aryl methyl sites for hydroxylation is 1. The summed E-state index contributed by atoms with van der Waals surface area (Å²) in [5, 5.41) is 30.1. The van der Waals surface area contributed by atoms with Crippen LogP contribution in [0.5, 0.6) is 28.7 Å². The van der Waals surface area contributed by atoms with Gasteiger partial charge in [-0.05, 0) is 31.6 Å². The van der Waals surface area contributed by atoms with Crippen molar-refractivity contribution in [2.24, 2.45) is 0 Å². The van der Waals surface area contributed by atoms with Crippen LogP contribution in [0.4, 0.5) is 0 Å². The van der Waals surface area contributed by atoms with Crippen molar-refractivity contribution in [2.45, 2.75) is 20.1 Å². The molecular formula is C24H17NO11S2. The zero-order valence-corrected chi connectivity index (χ0v) is 21.4. The molecule has 1 unspecified atom stereocenters. The fourth-order valence-electron chi connectivity index (χ4n) is 4.30. The van der Waals surface area contributed by atoms with Crippen molar-refractivity contribution in [3.8, 4) is 28.7 Å². The van der Waals surface area contributed by atoms with Crippen LogP contribution in [0.15, 0.2) is 11.0 Å². The molecule has 1 saturated heterocycles. The van der Waals surface area contributed by atoms with Gasteiger partial charge in [0.1, 0.15) is 33.5 Å². The Morgan fingerprint density at radius 1 is 1.16 bits per heavy atom. The van der Waals surface area contributed by atoms with E-state index < -0.39 is 42.4 Å². The summed E-state index contributed by atoms with van der Waals surface area (Å²) in [6.45, 7) is 2.34. The van der Waals surface area contributed by atoms with E-state index in [-0.39, 0.29) is 60.0 Å². The highest BCUT2D eigenvalue weighted by atomic mass is 32.2. The monoisotopic (exact) mass is 559 g/mol. The smallest absolute Gasteiger partial charge is 0.347 e. The van der Waals surface area contributed by atoms with Gasteiger partial charge in [0.05, 0.1) is 23.1 Å². The van der Waals surface area contributed by atoms with Crippen LogP contribution in [0, 0.1) is 13.8 Å². The van der Waals surface area contributed by atoms with Gasteiger partial charge in [0.25, 0.3) is 5.91 Å². The molecule has 0 saturated carbocycles. The van der Waals surface area contributed by atoms with Gasteiger partial charge < -0.3 is 34.3 Å². The van der Waals surface area contributed by atoms with Gasteiger partial charge in [-0.3, -0.25) is 14.5 Å². The topological polar surface area (TPSA) is 169 Å². The number of carboxylic acids is 1. The molecule has 5 rings (SSSR count). The van der Waals surface area contributed by atoms with E-state index in [4.69, 9.17) is 36.3 Å². The van der Waals surface area contributed by atoms with Crippen LogP contribution in [0.3, 0.4) is 0 Å². The standard InChI is InChI=1S/C24H17NO11S2/c1-7-4-10(33-3)9(5-11-20(29)25(6-12(26)27)24(37)38-11)18-13(7)21(30)35-17-8(2)16(28)14-15(19(17)34-18)23(32)36-22(14)31/h4-5,23,28,32H,6H2,1-3H3,(H,26,27). The SMILES string of the molecule is COc1cc(C)c2c(c1C=C1SC(=S)N(CC(=O)O)C1=O)Oc1c(c(C)c(O)c3c1C(O)OC3=O)OC2=O. The third-order valence-corrected chi connectivity index (χ3v) is 7.44. The average Bonchev–Trinajstić information content (AvgIpc) is 3.21. The van der Waals surface area contributed by atoms with Gasteiger partial charge in [-0.25, -0.2) is 9.59 Å². The molecule has 3 aliphatic heterocycles. The number of nitrogens with zero attached hydrogens (tertiary/aromatic N) is 1. The molecule has 12 nitrogen and oxygen atoms in total. The van der Waals surface area contributed by atoms with Crippen molar-refractivity contribution in [1.29, 1.82) is 0 Å². The first kappa shape index (κ1) is 25.5. The molecule has 1 fully saturated rings. The van der Waals surface area contributed by atoms with Crippen molar-refractivity contribution in [2.75, 3.05) is 13.7 Å². The number of thioether (sulfide) groups is 1. The number of fused-ring (bicyclic) bond motifs is 4. The number of aliphatic hydroxyl groups is 1. The average molecular weight is 560 g/mol. The van der Waals surface area contributed by atoms with Crippen LogP contribution in [0.25, 0.3) is 6.08 Å². The summed E-state index contributed by atoms with van der Waals surface area (Å²) in [6.07, 6.45) is -0.484. The van der Waals surface area contributed by atoms with Gasteiger partial charge in [-0.1, -0.05) is 24.0 Å². The third-order valence-electron chi connectivity index (χ3n) is 6.07. The number of ether oxygens (including phenoxy) is 4. The van der Waals surface area contributed by atoms with Crippen molar-refractivity contribution in [3.63, 3.8) is 0 Å². The van der Waals surface area contributed by atoms with Crippen LogP contribution in [0.1, 0.15) is 49.3 Å². The van der Waals surface area contributed by atoms with Crippen molar-refractivity contribution in [1.82, 2.24) is 4.90 Å². The zero-order chi connectivity index (χ0) is 27.6. The lowest BCUT2D eigenvalue weighted by atomic mass is 10.0. The van der Waals surface area contributed by atoms with E-state index in [9.17, 15) is 29.4 Å². The Labute approximate surface area is 223 Å². The Bertz CT molecular complexity index is 1540. The normalized spacial score (nSPS) is 18.9. The van der Waals surface area contributed by atoms with E-state index in [2.05, 4.69) is 0 Å². The molecule has 3 N–H and O–H groups in total. The molecule has 2 aromatic rings. The van der Waals surface area contributed by atoms with Crippen LogP contribution in [0.2, 0.25) is 0 Å². The minimum absolute atomic E-state index is 0.00772. The number of aromatic hydroxyl groups is 1. The predicted molar refractivity (Wildman–Crippen MR) is 133 cm³/mol. The molecule has 1 amide bonds. The molecule has 196 valence electrons. The fourth-order valence-corrected chi connectivity index (χ4v) is 5.54. The maximum atomic E-state index is 13.3. The van der Waals surface area contributed by atoms with Crippen LogP contribution >= 0.6 is 24.0 Å². The summed E-state index contributed by atoms with van der Waals surface area (Å²) in [5.74, 6) is -4.79. The lowest BCUT2D eigenvalue weighted by Crippen LogP contribution is -2.33. The van der Waals surface area contributed by atoms with Crippen LogP contribution in [-0.4, -0.2) is 62.0 Å². The highest BCUT2D eigenvalue weighted by molar-refractivity contribution is 8.26. The third kappa shape index (κ3) is 3.76. The van der Waals surface area contributed by atoms with E-state index in [1.165, 1.54) is 26.2 Å². The maximum absolute atomic E-state index is 13.3. The highest BCUT2D eigenvalue weighted by Crippen LogP contribution is 2.54. The number of carbonyl (C=O) groups excluding carboxylic acids is 3. The van der Waals surface area contributed by atoms with Gasteiger partial charge in [-0.2, -0.15) is 0 Å². The zero-order valence-electron chi connectivity index (χ0n) is 19.8. The number of esters is 2. The number of amides is 1. The molecule has 14 heteroatoms. The number of methoxy groups -OCH3 is 1. The second-order valence-electron chi connectivity index (χ2n) is 8.34. The van der Waals surface area contributed by atoms with E-state index in [0.717, 1.165) is 16.7 Å². The maximum Gasteiger partial charge on any atom is 0.347 e. The second-order valence-corrected chi connectivity index (χ2v) is 10.0. The van der Waals surface area contributed by atoms with Crippen molar-refractivity contribution >= 4 is 58.2 Å². The first-order valence-corrected chi connectivity index (χ1v) is 12.0. The largest absolute Gasteiger partial charge is 0.507 e. The van der Waals surface area contributed by atoms with Gasteiger partial charge in [0.2, 0.25) is 6.29 Å².